The van der Waals surface area contributed by atoms with Crippen molar-refractivity contribution in [3.63, 3.8) is 0 Å². The van der Waals surface area contributed by atoms with Gasteiger partial charge in [-0.15, -0.1) is 0 Å². The van der Waals surface area contributed by atoms with Gasteiger partial charge in [0, 0.05) is 25.3 Å². The fraction of sp³-hybridized carbons (Fsp3) is 0.667. The lowest BCUT2D eigenvalue weighted by Gasteiger charge is -2.43. The van der Waals surface area contributed by atoms with Gasteiger partial charge in [-0.3, -0.25) is 0 Å². The fourth-order valence-electron chi connectivity index (χ4n) is 3.97. The lowest BCUT2D eigenvalue weighted by molar-refractivity contribution is 0.199. The van der Waals surface area contributed by atoms with Gasteiger partial charge in [-0.25, -0.2) is 0 Å². The minimum Gasteiger partial charge on any atom is -0.371 e. The van der Waals surface area contributed by atoms with Crippen molar-refractivity contribution in [1.29, 1.82) is 0 Å². The van der Waals surface area contributed by atoms with E-state index in [-0.39, 0.29) is 0 Å². The highest BCUT2D eigenvalue weighted by molar-refractivity contribution is 5.58. The number of fused-ring (bicyclic) bond motifs is 1. The second-order valence-corrected chi connectivity index (χ2v) is 6.54. The Bertz CT molecular complexity index is 452. The third-order valence-corrected chi connectivity index (χ3v) is 5.79. The third-order valence-electron chi connectivity index (χ3n) is 5.79. The molecule has 1 fully saturated rings. The highest BCUT2D eigenvalue weighted by atomic mass is 15.1. The maximum absolute atomic E-state index is 3.53. The van der Waals surface area contributed by atoms with Crippen molar-refractivity contribution >= 4 is 5.69 Å². The summed E-state index contributed by atoms with van der Waals surface area (Å²) in [6.45, 7) is 9.39. The average molecular weight is 272 g/mol. The molecular formula is C18H28N2. The van der Waals surface area contributed by atoms with Crippen LogP contribution >= 0.6 is 0 Å². The van der Waals surface area contributed by atoms with Crippen molar-refractivity contribution in [2.45, 2.75) is 52.5 Å². The summed E-state index contributed by atoms with van der Waals surface area (Å²) in [5.41, 5.74) is 5.22. The van der Waals surface area contributed by atoms with Gasteiger partial charge < -0.3 is 10.2 Å². The van der Waals surface area contributed by atoms with Crippen LogP contribution in [0.1, 0.15) is 50.7 Å². The van der Waals surface area contributed by atoms with E-state index in [1.54, 1.807) is 11.1 Å². The Morgan fingerprint density at radius 2 is 1.90 bits per heavy atom. The maximum atomic E-state index is 3.53. The molecule has 1 aromatic carbocycles. The number of benzene rings is 1. The summed E-state index contributed by atoms with van der Waals surface area (Å²) in [5, 5.41) is 3.53. The minimum atomic E-state index is 0.615. The summed E-state index contributed by atoms with van der Waals surface area (Å²) >= 11 is 0. The molecule has 20 heavy (non-hydrogen) atoms. The lowest BCUT2D eigenvalue weighted by Crippen LogP contribution is -2.40. The molecule has 0 bridgehead atoms. The summed E-state index contributed by atoms with van der Waals surface area (Å²) in [6, 6.07) is 6.89. The normalized spacial score (nSPS) is 21.6. The molecule has 0 aliphatic carbocycles. The van der Waals surface area contributed by atoms with Gasteiger partial charge in [0.2, 0.25) is 0 Å². The van der Waals surface area contributed by atoms with Gasteiger partial charge in [0.15, 0.2) is 0 Å². The van der Waals surface area contributed by atoms with Crippen LogP contribution in [0, 0.1) is 5.41 Å². The highest BCUT2D eigenvalue weighted by Crippen LogP contribution is 2.40. The summed E-state index contributed by atoms with van der Waals surface area (Å²) in [7, 11) is 0. The Hall–Kier alpha value is -1.02. The Morgan fingerprint density at radius 3 is 2.60 bits per heavy atom. The SMILES string of the molecule is CCC1(CC)CCN(c2cccc3c2CNCC3)CC1. The second-order valence-electron chi connectivity index (χ2n) is 6.54. The number of nitrogens with zero attached hydrogens (tertiary/aromatic N) is 1. The molecule has 110 valence electrons. The van der Waals surface area contributed by atoms with Gasteiger partial charge >= 0.3 is 0 Å². The van der Waals surface area contributed by atoms with Crippen LogP contribution in [0.4, 0.5) is 5.69 Å². The maximum Gasteiger partial charge on any atom is 0.0414 e. The molecule has 3 rings (SSSR count). The summed E-state index contributed by atoms with van der Waals surface area (Å²) in [5.74, 6) is 0. The van der Waals surface area contributed by atoms with E-state index in [1.165, 1.54) is 50.9 Å². The van der Waals surface area contributed by atoms with E-state index in [1.807, 2.05) is 0 Å². The van der Waals surface area contributed by atoms with Crippen molar-refractivity contribution < 1.29 is 0 Å². The molecule has 2 aliphatic rings. The molecule has 0 spiro atoms. The fourth-order valence-corrected chi connectivity index (χ4v) is 3.97. The van der Waals surface area contributed by atoms with Crippen LogP contribution in [0.3, 0.4) is 0 Å². The molecule has 2 heterocycles. The highest BCUT2D eigenvalue weighted by Gasteiger charge is 2.32. The Kier molecular flexibility index (Phi) is 4.02. The zero-order valence-corrected chi connectivity index (χ0v) is 13.0. The number of hydrogen-bond acceptors (Lipinski definition) is 2. The predicted octanol–water partition coefficient (Wildman–Crippen LogP) is 3.74. The molecule has 2 nitrogen and oxygen atoms in total. The second kappa shape index (κ2) is 5.77. The van der Waals surface area contributed by atoms with Crippen molar-refractivity contribution in [2.24, 2.45) is 5.41 Å². The van der Waals surface area contributed by atoms with Crippen LogP contribution < -0.4 is 10.2 Å². The first-order chi connectivity index (χ1) is 9.78. The number of rotatable bonds is 3. The Labute approximate surface area is 123 Å². The van der Waals surface area contributed by atoms with Crippen molar-refractivity contribution in [2.75, 3.05) is 24.5 Å². The van der Waals surface area contributed by atoms with E-state index in [0.717, 1.165) is 13.1 Å². The molecule has 0 unspecified atom stereocenters. The van der Waals surface area contributed by atoms with Gasteiger partial charge in [-0.1, -0.05) is 38.8 Å². The predicted molar refractivity (Wildman–Crippen MR) is 86.3 cm³/mol. The summed E-state index contributed by atoms with van der Waals surface area (Å²) in [6.07, 6.45) is 6.58. The molecule has 2 aliphatic heterocycles. The van der Waals surface area contributed by atoms with Gasteiger partial charge in [-0.2, -0.15) is 0 Å². The number of nitrogens with one attached hydrogen (secondary N) is 1. The molecule has 0 radical (unpaired) electrons. The summed E-state index contributed by atoms with van der Waals surface area (Å²) in [4.78, 5) is 2.63. The van der Waals surface area contributed by atoms with E-state index in [0.29, 0.717) is 5.41 Å². The lowest BCUT2D eigenvalue weighted by atomic mass is 9.74. The molecule has 1 aromatic rings. The molecule has 1 saturated heterocycles. The van der Waals surface area contributed by atoms with Crippen LogP contribution in [0.15, 0.2) is 18.2 Å². The Balaban J connectivity index is 1.79. The number of hydrogen-bond donors (Lipinski definition) is 1. The molecule has 0 amide bonds. The average Bonchev–Trinajstić information content (AvgIpc) is 2.54. The minimum absolute atomic E-state index is 0.615. The van der Waals surface area contributed by atoms with E-state index in [2.05, 4.69) is 42.3 Å². The van der Waals surface area contributed by atoms with Crippen LogP contribution in [0.5, 0.6) is 0 Å². The molecule has 0 atom stereocenters. The first kappa shape index (κ1) is 13.9. The first-order valence-electron chi connectivity index (χ1n) is 8.34. The van der Waals surface area contributed by atoms with Crippen LogP contribution in [0.2, 0.25) is 0 Å². The smallest absolute Gasteiger partial charge is 0.0414 e. The first-order valence-corrected chi connectivity index (χ1v) is 8.34. The molecule has 2 heteroatoms. The van der Waals surface area contributed by atoms with Crippen molar-refractivity contribution in [3.8, 4) is 0 Å². The quantitative estimate of drug-likeness (QED) is 0.901. The van der Waals surface area contributed by atoms with Gasteiger partial charge in [0.1, 0.15) is 0 Å². The standard InChI is InChI=1S/C18H28N2/c1-3-18(4-2)9-12-20(13-10-18)17-7-5-6-15-8-11-19-14-16(15)17/h5-7,19H,3-4,8-14H2,1-2H3. The van der Waals surface area contributed by atoms with Gasteiger partial charge in [0.05, 0.1) is 0 Å². The molecular weight excluding hydrogens is 244 g/mol. The third kappa shape index (κ3) is 2.46. The van der Waals surface area contributed by atoms with Crippen LogP contribution in [0.25, 0.3) is 0 Å². The molecule has 0 aromatic heterocycles. The zero-order chi connectivity index (χ0) is 14.0. The van der Waals surface area contributed by atoms with Gasteiger partial charge in [0.25, 0.3) is 0 Å². The molecule has 0 saturated carbocycles. The summed E-state index contributed by atoms with van der Waals surface area (Å²) < 4.78 is 0. The van der Waals surface area contributed by atoms with Crippen molar-refractivity contribution in [3.05, 3.63) is 29.3 Å². The topological polar surface area (TPSA) is 15.3 Å². The Morgan fingerprint density at radius 1 is 1.15 bits per heavy atom. The zero-order valence-electron chi connectivity index (χ0n) is 13.0. The van der Waals surface area contributed by atoms with E-state index >= 15 is 0 Å². The van der Waals surface area contributed by atoms with E-state index in [4.69, 9.17) is 0 Å². The number of piperidine rings is 1. The largest absolute Gasteiger partial charge is 0.371 e. The monoisotopic (exact) mass is 272 g/mol. The van der Waals surface area contributed by atoms with E-state index < -0.39 is 0 Å². The van der Waals surface area contributed by atoms with Gasteiger partial charge in [-0.05, 0) is 48.4 Å². The molecule has 1 N–H and O–H groups in total. The van der Waals surface area contributed by atoms with Crippen LogP contribution in [-0.2, 0) is 13.0 Å². The van der Waals surface area contributed by atoms with E-state index in [9.17, 15) is 0 Å². The van der Waals surface area contributed by atoms with Crippen LogP contribution in [-0.4, -0.2) is 19.6 Å². The van der Waals surface area contributed by atoms with Crippen molar-refractivity contribution in [1.82, 2.24) is 5.32 Å². The number of anilines is 1.